The molecule has 0 aliphatic rings. The number of aryl methyl sites for hydroxylation is 7. The van der Waals surface area contributed by atoms with E-state index in [4.69, 9.17) is 24.9 Å². The van der Waals surface area contributed by atoms with Crippen LogP contribution in [0, 0.1) is 0 Å². The van der Waals surface area contributed by atoms with E-state index >= 15 is 0 Å². The van der Waals surface area contributed by atoms with E-state index in [0.29, 0.717) is 0 Å². The standard InChI is InChI=1S/3C19H15N.4C18H14N2/c2*1-2-13-11-18-16-9-5-3-7-14(16)15-8-4-6-10-17(15)19(18)12-20-13;1-2-13-11-12-18-16-9-4-3-7-14(16)15-8-5-6-10-17(15)19(18)20-13;2*1-2-12-11-19-17-15-9-5-3-7-13(15)14-8-4-6-10-16(14)18(17)20-12;2*1-2-17-19-11-16-14-9-4-3-7-12(14)13-8-5-6-10-15(13)18(16)20-17/h3*3-12H,2H2,1H3;4*3-11H,2H2,1H3. The first-order valence-electron chi connectivity index (χ1n) is 48.9. The summed E-state index contributed by atoms with van der Waals surface area (Å²) >= 11 is 0. The van der Waals surface area contributed by atoms with E-state index in [-0.39, 0.29) is 0 Å². The Bertz CT molecular complexity index is 7890. The minimum atomic E-state index is 0.858. The van der Waals surface area contributed by atoms with Crippen LogP contribution in [0.25, 0.3) is 227 Å². The first-order chi connectivity index (χ1) is 69.2. The van der Waals surface area contributed by atoms with E-state index in [1.54, 1.807) is 0 Å². The summed E-state index contributed by atoms with van der Waals surface area (Å²) in [5.74, 6) is 1.80. The van der Waals surface area contributed by atoms with Gasteiger partial charge in [-0.1, -0.05) is 394 Å². The maximum atomic E-state index is 4.87. The molecule has 7 heterocycles. The molecule has 0 bridgehead atoms. The second-order valence-corrected chi connectivity index (χ2v) is 35.5. The summed E-state index contributed by atoms with van der Waals surface area (Å²) in [5.41, 5.74) is 12.8. The molecule has 0 fully saturated rings. The summed E-state index contributed by atoms with van der Waals surface area (Å²) in [6, 6.07) is 128. The number of aromatic nitrogens is 11. The predicted octanol–water partition coefficient (Wildman–Crippen LogP) is 33.3. The molecule has 0 radical (unpaired) electrons. The van der Waals surface area contributed by atoms with Crippen LogP contribution in [0.3, 0.4) is 0 Å². The van der Waals surface area contributed by atoms with Gasteiger partial charge in [-0.15, -0.1) is 0 Å². The van der Waals surface area contributed by atoms with E-state index in [9.17, 15) is 0 Å². The molecular weight excluding hydrogens is 1700 g/mol. The predicted molar refractivity (Wildman–Crippen MR) is 594 cm³/mol. The van der Waals surface area contributed by atoms with Gasteiger partial charge in [0, 0.05) is 132 Å². The van der Waals surface area contributed by atoms with Gasteiger partial charge in [0.15, 0.2) is 0 Å². The Morgan fingerprint density at radius 1 is 0.121 bits per heavy atom. The lowest BCUT2D eigenvalue weighted by Gasteiger charge is -2.10. The normalized spacial score (nSPS) is 11.4. The molecule has 11 heteroatoms. The largest absolute Gasteiger partial charge is 0.261 e. The molecule has 7 aromatic heterocycles. The fourth-order valence-electron chi connectivity index (χ4n) is 20.5. The summed E-state index contributed by atoms with van der Waals surface area (Å²) in [6.45, 7) is 14.8. The number of benzene rings is 21. The number of hydrogen-bond acceptors (Lipinski definition) is 11. The van der Waals surface area contributed by atoms with Gasteiger partial charge in [-0.25, -0.2) is 29.9 Å². The molecular formula is C129H101N11. The summed E-state index contributed by atoms with van der Waals surface area (Å²) in [6.07, 6.45) is 18.2. The van der Waals surface area contributed by atoms with Crippen LogP contribution in [-0.4, -0.2) is 54.8 Å². The topological polar surface area (TPSA) is 142 Å². The summed E-state index contributed by atoms with van der Waals surface area (Å²) in [4.78, 5) is 51.5. The third-order valence-electron chi connectivity index (χ3n) is 27.5. The first-order valence-corrected chi connectivity index (χ1v) is 48.9. The average Bonchev–Trinajstić information content (AvgIpc) is 0.779. The molecule has 0 aliphatic carbocycles. The smallest absolute Gasteiger partial charge is 0.128 e. The van der Waals surface area contributed by atoms with Crippen LogP contribution >= 0.6 is 0 Å². The second kappa shape index (κ2) is 38.9. The Kier molecular flexibility index (Phi) is 24.5. The van der Waals surface area contributed by atoms with Crippen LogP contribution in [0.15, 0.2) is 401 Å². The highest BCUT2D eigenvalue weighted by Gasteiger charge is 2.19. The van der Waals surface area contributed by atoms with E-state index in [2.05, 4.69) is 442 Å². The Hall–Kier alpha value is -17.2. The van der Waals surface area contributed by atoms with Crippen LogP contribution in [0.5, 0.6) is 0 Å². The Balaban J connectivity index is 0.0000000939. The molecule has 0 atom stereocenters. The van der Waals surface area contributed by atoms with Gasteiger partial charge in [-0.3, -0.25) is 24.9 Å². The summed E-state index contributed by atoms with van der Waals surface area (Å²) in [5, 5.41) is 43.9. The number of hydrogen-bond donors (Lipinski definition) is 0. The SMILES string of the molecule is CCc1cc2c3ccccc3c3ccccc3c2cn1.CCc1cc2c3ccccc3c3ccccc3c2cn1.CCc1ccc2c3ccccc3c3ccccc3c2n1.CCc1cnc2c3ccccc3c3ccccc3c2n1.CCc1cnc2c3ccccc3c3ccccc3c2n1.CCc1ncc2c3ccccc3c3ccccc3c2n1.CCc1ncc2c3ccccc3c3ccccc3c2n1. The van der Waals surface area contributed by atoms with Crippen molar-refractivity contribution in [2.75, 3.05) is 0 Å². The Labute approximate surface area is 811 Å². The molecule has 0 unspecified atom stereocenters. The molecule has 0 saturated carbocycles. The molecule has 0 spiro atoms. The molecule has 11 nitrogen and oxygen atoms in total. The monoisotopic (exact) mass is 1800 g/mol. The molecule has 0 saturated heterocycles. The van der Waals surface area contributed by atoms with Gasteiger partial charge in [-0.2, -0.15) is 0 Å². The van der Waals surface area contributed by atoms with E-state index < -0.39 is 0 Å². The van der Waals surface area contributed by atoms with Crippen molar-refractivity contribution in [3.05, 3.63) is 441 Å². The van der Waals surface area contributed by atoms with Crippen molar-refractivity contribution in [1.29, 1.82) is 0 Å². The van der Waals surface area contributed by atoms with Crippen LogP contribution in [-0.2, 0) is 44.9 Å². The van der Waals surface area contributed by atoms with Gasteiger partial charge in [0.05, 0.1) is 50.0 Å². The molecule has 140 heavy (non-hydrogen) atoms. The van der Waals surface area contributed by atoms with Crippen LogP contribution in [0.4, 0.5) is 0 Å². The minimum absolute atomic E-state index is 0.858. The lowest BCUT2D eigenvalue weighted by molar-refractivity contribution is 0.963. The molecule has 0 aliphatic heterocycles. The molecule has 28 rings (SSSR count). The zero-order valence-electron chi connectivity index (χ0n) is 79.5. The molecule has 0 N–H and O–H groups in total. The van der Waals surface area contributed by atoms with Crippen molar-refractivity contribution in [2.24, 2.45) is 0 Å². The van der Waals surface area contributed by atoms with Crippen molar-refractivity contribution in [2.45, 2.75) is 93.4 Å². The van der Waals surface area contributed by atoms with E-state index in [1.807, 2.05) is 37.2 Å². The number of nitrogens with zero attached hydrogens (tertiary/aromatic N) is 11. The van der Waals surface area contributed by atoms with Gasteiger partial charge in [0.1, 0.15) is 11.6 Å². The quantitative estimate of drug-likeness (QED) is 0.141. The molecule has 21 aromatic carbocycles. The highest BCUT2D eigenvalue weighted by atomic mass is 14.9. The van der Waals surface area contributed by atoms with Crippen LogP contribution in [0.2, 0.25) is 0 Å². The minimum Gasteiger partial charge on any atom is -0.261 e. The molecule has 672 valence electrons. The maximum absolute atomic E-state index is 4.87. The Morgan fingerprint density at radius 2 is 0.307 bits per heavy atom. The number of rotatable bonds is 7. The molecule has 28 aromatic rings. The summed E-state index contributed by atoms with van der Waals surface area (Å²) in [7, 11) is 0. The number of pyridine rings is 3. The highest BCUT2D eigenvalue weighted by Crippen LogP contribution is 2.42. The fourth-order valence-corrected chi connectivity index (χ4v) is 20.5. The van der Waals surface area contributed by atoms with E-state index in [0.717, 1.165) is 134 Å². The van der Waals surface area contributed by atoms with Crippen molar-refractivity contribution in [3.63, 3.8) is 0 Å². The summed E-state index contributed by atoms with van der Waals surface area (Å²) < 4.78 is 0. The lowest BCUT2D eigenvalue weighted by Crippen LogP contribution is -1.94. The first kappa shape index (κ1) is 88.1. The van der Waals surface area contributed by atoms with Gasteiger partial charge in [-0.05, 0) is 174 Å². The zero-order valence-corrected chi connectivity index (χ0v) is 79.5. The van der Waals surface area contributed by atoms with Crippen LogP contribution in [0.1, 0.15) is 88.6 Å². The van der Waals surface area contributed by atoms with Crippen molar-refractivity contribution in [1.82, 2.24) is 54.8 Å². The van der Waals surface area contributed by atoms with Crippen molar-refractivity contribution in [3.8, 4) is 0 Å². The average molecular weight is 1810 g/mol. The second-order valence-electron chi connectivity index (χ2n) is 35.5. The van der Waals surface area contributed by atoms with E-state index in [1.165, 1.54) is 178 Å². The highest BCUT2D eigenvalue weighted by molar-refractivity contribution is 6.30. The zero-order chi connectivity index (χ0) is 94.7. The van der Waals surface area contributed by atoms with Gasteiger partial charge >= 0.3 is 0 Å². The number of fused-ring (bicyclic) bond motifs is 42. The van der Waals surface area contributed by atoms with Gasteiger partial charge in [0.2, 0.25) is 0 Å². The van der Waals surface area contributed by atoms with Crippen LogP contribution < -0.4 is 0 Å². The Morgan fingerprint density at radius 3 is 0.557 bits per heavy atom. The van der Waals surface area contributed by atoms with Gasteiger partial charge in [0.25, 0.3) is 0 Å². The molecule has 0 amide bonds. The van der Waals surface area contributed by atoms with Crippen molar-refractivity contribution < 1.29 is 0 Å². The fraction of sp³-hybridized carbons (Fsp3) is 0.109. The maximum Gasteiger partial charge on any atom is 0.128 e. The third-order valence-corrected chi connectivity index (χ3v) is 27.5. The third kappa shape index (κ3) is 16.3. The lowest BCUT2D eigenvalue weighted by atomic mass is 9.95. The van der Waals surface area contributed by atoms with Gasteiger partial charge < -0.3 is 0 Å². The van der Waals surface area contributed by atoms with Crippen molar-refractivity contribution >= 4 is 227 Å².